The highest BCUT2D eigenvalue weighted by Gasteiger charge is 2.21. The van der Waals surface area contributed by atoms with Crippen molar-refractivity contribution in [3.8, 4) is 28.7 Å². The number of carbonyl (C=O) groups is 1. The highest BCUT2D eigenvalue weighted by molar-refractivity contribution is 5.92. The van der Waals surface area contributed by atoms with Crippen molar-refractivity contribution < 1.29 is 33.6 Å². The van der Waals surface area contributed by atoms with Gasteiger partial charge in [-0.15, -0.1) is 0 Å². The Morgan fingerprint density at radius 2 is 1.19 bits per heavy atom. The molecule has 3 aromatic carbocycles. The van der Waals surface area contributed by atoms with E-state index in [0.717, 1.165) is 22.6 Å². The second-order valence-corrected chi connectivity index (χ2v) is 6.55. The molecule has 0 atom stereocenters. The Morgan fingerprint density at radius 1 is 0.677 bits per heavy atom. The van der Waals surface area contributed by atoms with E-state index in [1.54, 1.807) is 20.3 Å². The van der Waals surface area contributed by atoms with Crippen molar-refractivity contribution in [3.05, 3.63) is 77.4 Å². The summed E-state index contributed by atoms with van der Waals surface area (Å²) in [6, 6.07) is 17.8. The van der Waals surface area contributed by atoms with Gasteiger partial charge in [-0.3, -0.25) is 0 Å². The minimum Gasteiger partial charge on any atom is -0.497 e. The molecule has 0 aliphatic carbocycles. The molecule has 0 amide bonds. The lowest BCUT2D eigenvalue weighted by Gasteiger charge is -2.17. The van der Waals surface area contributed by atoms with Crippen LogP contribution in [0.1, 0.15) is 21.5 Å². The number of aromatic carboxylic acids is 1. The summed E-state index contributed by atoms with van der Waals surface area (Å²) in [5.41, 5.74) is 1.79. The van der Waals surface area contributed by atoms with Crippen LogP contribution in [-0.2, 0) is 13.2 Å². The smallest absolute Gasteiger partial charge is 0.339 e. The van der Waals surface area contributed by atoms with Gasteiger partial charge in [-0.25, -0.2) is 4.79 Å². The largest absolute Gasteiger partial charge is 0.497 e. The van der Waals surface area contributed by atoms with E-state index >= 15 is 0 Å². The monoisotopic (exact) mass is 424 g/mol. The van der Waals surface area contributed by atoms with Crippen LogP contribution in [0.25, 0.3) is 0 Å². The van der Waals surface area contributed by atoms with Gasteiger partial charge in [0.05, 0.1) is 21.3 Å². The van der Waals surface area contributed by atoms with Crippen LogP contribution in [0.2, 0.25) is 0 Å². The van der Waals surface area contributed by atoms with Crippen LogP contribution in [0.5, 0.6) is 28.7 Å². The van der Waals surface area contributed by atoms with Gasteiger partial charge in [0.25, 0.3) is 0 Å². The fraction of sp³-hybridized carbons (Fsp3) is 0.208. The summed E-state index contributed by atoms with van der Waals surface area (Å²) in [4.78, 5) is 11.6. The van der Waals surface area contributed by atoms with Crippen LogP contribution in [0.15, 0.2) is 60.7 Å². The van der Waals surface area contributed by atoms with Crippen molar-refractivity contribution in [2.75, 3.05) is 21.3 Å². The molecular formula is C24H24O7. The minimum atomic E-state index is -1.12. The van der Waals surface area contributed by atoms with E-state index in [0.29, 0.717) is 5.75 Å². The van der Waals surface area contributed by atoms with Crippen molar-refractivity contribution in [2.45, 2.75) is 13.2 Å². The summed E-state index contributed by atoms with van der Waals surface area (Å²) in [6.07, 6.45) is 0. The minimum absolute atomic E-state index is 0.0102. The zero-order valence-corrected chi connectivity index (χ0v) is 17.6. The fourth-order valence-electron chi connectivity index (χ4n) is 2.93. The maximum absolute atomic E-state index is 11.6. The Labute approximate surface area is 180 Å². The number of rotatable bonds is 10. The Bertz CT molecular complexity index is 1010. The third-order valence-electron chi connectivity index (χ3n) is 4.61. The first-order valence-electron chi connectivity index (χ1n) is 9.51. The predicted molar refractivity (Wildman–Crippen MR) is 115 cm³/mol. The summed E-state index contributed by atoms with van der Waals surface area (Å²) in [6.45, 7) is 0.459. The zero-order valence-electron chi connectivity index (χ0n) is 17.6. The molecule has 0 saturated heterocycles. The van der Waals surface area contributed by atoms with Crippen LogP contribution in [-0.4, -0.2) is 32.4 Å². The maximum atomic E-state index is 11.6. The average Bonchev–Trinajstić information content (AvgIpc) is 2.81. The number of ether oxygens (including phenoxy) is 5. The second-order valence-electron chi connectivity index (χ2n) is 6.55. The Hall–Kier alpha value is -3.87. The van der Waals surface area contributed by atoms with Crippen molar-refractivity contribution in [1.29, 1.82) is 0 Å². The van der Waals surface area contributed by atoms with Crippen molar-refractivity contribution in [2.24, 2.45) is 0 Å². The number of benzene rings is 3. The summed E-state index contributed by atoms with van der Waals surface area (Å²) in [7, 11) is 4.60. The Balaban J connectivity index is 1.84. The lowest BCUT2D eigenvalue weighted by molar-refractivity contribution is 0.0692. The molecule has 0 aromatic heterocycles. The quantitative estimate of drug-likeness (QED) is 0.510. The summed E-state index contributed by atoms with van der Waals surface area (Å²) >= 11 is 0. The maximum Gasteiger partial charge on any atom is 0.339 e. The number of carboxylic acids is 1. The van der Waals surface area contributed by atoms with Gasteiger partial charge in [0.2, 0.25) is 5.75 Å². The highest BCUT2D eigenvalue weighted by atomic mass is 16.5. The molecule has 1 N–H and O–H groups in total. The van der Waals surface area contributed by atoms with Crippen LogP contribution >= 0.6 is 0 Å². The summed E-state index contributed by atoms with van der Waals surface area (Å²) in [5.74, 6) is 1.08. The van der Waals surface area contributed by atoms with Crippen LogP contribution in [0, 0.1) is 0 Å². The molecule has 162 valence electrons. The van der Waals surface area contributed by atoms with Crippen molar-refractivity contribution in [1.82, 2.24) is 0 Å². The normalized spacial score (nSPS) is 10.3. The number of carboxylic acid groups (broad SMARTS) is 1. The van der Waals surface area contributed by atoms with E-state index in [9.17, 15) is 9.90 Å². The van der Waals surface area contributed by atoms with Gasteiger partial charge in [0.1, 0.15) is 30.3 Å². The molecule has 0 radical (unpaired) electrons. The van der Waals surface area contributed by atoms with Crippen LogP contribution in [0.3, 0.4) is 0 Å². The highest BCUT2D eigenvalue weighted by Crippen LogP contribution is 2.41. The fourth-order valence-corrected chi connectivity index (χ4v) is 2.93. The lowest BCUT2D eigenvalue weighted by atomic mass is 10.1. The molecule has 7 heteroatoms. The van der Waals surface area contributed by atoms with Crippen molar-refractivity contribution >= 4 is 5.97 Å². The molecule has 0 fully saturated rings. The van der Waals surface area contributed by atoms with E-state index in [4.69, 9.17) is 23.7 Å². The Kier molecular flexibility index (Phi) is 7.22. The molecule has 0 unspecified atom stereocenters. The third-order valence-corrected chi connectivity index (χ3v) is 4.61. The topological polar surface area (TPSA) is 83.5 Å². The van der Waals surface area contributed by atoms with E-state index in [2.05, 4.69) is 0 Å². The van der Waals surface area contributed by atoms with Gasteiger partial charge in [0, 0.05) is 0 Å². The first-order chi connectivity index (χ1) is 15.0. The molecule has 0 bridgehead atoms. The summed E-state index contributed by atoms with van der Waals surface area (Å²) in [5, 5.41) is 9.51. The van der Waals surface area contributed by atoms with E-state index in [1.807, 2.05) is 48.5 Å². The standard InChI is InChI=1S/C24H24O7/c1-27-18-8-4-16(5-9-18)14-30-21-13-12-20(24(25)26)22(29-3)23(21)31-15-17-6-10-19(28-2)11-7-17/h4-13H,14-15H2,1-3H3,(H,25,26). The molecule has 7 nitrogen and oxygen atoms in total. The predicted octanol–water partition coefficient (Wildman–Crippen LogP) is 4.57. The molecule has 0 heterocycles. The molecule has 31 heavy (non-hydrogen) atoms. The Morgan fingerprint density at radius 3 is 1.65 bits per heavy atom. The molecule has 0 spiro atoms. The molecule has 3 aromatic rings. The van der Waals surface area contributed by atoms with E-state index < -0.39 is 5.97 Å². The van der Waals surface area contributed by atoms with Gasteiger partial charge in [-0.2, -0.15) is 0 Å². The number of methoxy groups -OCH3 is 3. The number of hydrogen-bond donors (Lipinski definition) is 1. The molecule has 0 saturated carbocycles. The molecule has 0 aliphatic rings. The first-order valence-corrected chi connectivity index (χ1v) is 9.51. The van der Waals surface area contributed by atoms with Crippen LogP contribution in [0.4, 0.5) is 0 Å². The van der Waals surface area contributed by atoms with Gasteiger partial charge >= 0.3 is 5.97 Å². The SMILES string of the molecule is COc1ccc(COc2ccc(C(=O)O)c(OC)c2OCc2ccc(OC)cc2)cc1. The zero-order chi connectivity index (χ0) is 22.2. The van der Waals surface area contributed by atoms with Crippen molar-refractivity contribution in [3.63, 3.8) is 0 Å². The second kappa shape index (κ2) is 10.2. The first kappa shape index (κ1) is 21.8. The van der Waals surface area contributed by atoms with E-state index in [1.165, 1.54) is 13.2 Å². The van der Waals surface area contributed by atoms with E-state index in [-0.39, 0.29) is 30.3 Å². The van der Waals surface area contributed by atoms with Gasteiger partial charge < -0.3 is 28.8 Å². The summed E-state index contributed by atoms with van der Waals surface area (Å²) < 4.78 is 27.6. The van der Waals surface area contributed by atoms with Gasteiger partial charge in [-0.05, 0) is 47.5 Å². The molecule has 0 aliphatic heterocycles. The van der Waals surface area contributed by atoms with Gasteiger partial charge in [-0.1, -0.05) is 24.3 Å². The lowest BCUT2D eigenvalue weighted by Crippen LogP contribution is -2.07. The molecule has 3 rings (SSSR count). The number of hydrogen-bond acceptors (Lipinski definition) is 6. The average molecular weight is 424 g/mol. The van der Waals surface area contributed by atoms with Crippen LogP contribution < -0.4 is 23.7 Å². The molecular weight excluding hydrogens is 400 g/mol. The van der Waals surface area contributed by atoms with Gasteiger partial charge in [0.15, 0.2) is 11.5 Å². The third kappa shape index (κ3) is 5.39.